The molecule has 0 aromatic heterocycles. The van der Waals surface area contributed by atoms with Gasteiger partial charge < -0.3 is 15.0 Å². The van der Waals surface area contributed by atoms with Crippen molar-refractivity contribution in [3.8, 4) is 5.75 Å². The monoisotopic (exact) mass is 381 g/mol. The number of carbonyl (C=O) groups is 2. The van der Waals surface area contributed by atoms with Gasteiger partial charge in [0.15, 0.2) is 0 Å². The van der Waals surface area contributed by atoms with Crippen molar-refractivity contribution >= 4 is 17.5 Å². The zero-order chi connectivity index (χ0) is 20.1. The second kappa shape index (κ2) is 8.89. The first-order chi connectivity index (χ1) is 13.5. The minimum Gasteiger partial charge on any atom is -0.497 e. The van der Waals surface area contributed by atoms with E-state index in [2.05, 4.69) is 5.32 Å². The Kier molecular flexibility index (Phi) is 6.31. The number of benzene rings is 2. The van der Waals surface area contributed by atoms with E-state index in [9.17, 15) is 9.59 Å². The summed E-state index contributed by atoms with van der Waals surface area (Å²) in [6.07, 6.45) is 0. The Morgan fingerprint density at radius 1 is 1.18 bits per heavy atom. The highest BCUT2D eigenvalue weighted by molar-refractivity contribution is 5.96. The molecule has 0 aliphatic carbocycles. The molecule has 28 heavy (non-hydrogen) atoms. The van der Waals surface area contributed by atoms with Gasteiger partial charge in [-0.05, 0) is 49.2 Å². The molecule has 148 valence electrons. The zero-order valence-electron chi connectivity index (χ0n) is 16.6. The molecule has 2 aromatic rings. The van der Waals surface area contributed by atoms with Gasteiger partial charge >= 0.3 is 0 Å². The Hall–Kier alpha value is -2.86. The van der Waals surface area contributed by atoms with Gasteiger partial charge in [-0.3, -0.25) is 14.5 Å². The Bertz CT molecular complexity index is 835. The molecular formula is C22H27N3O3. The molecule has 0 saturated carbocycles. The van der Waals surface area contributed by atoms with Crippen LogP contribution in [0.5, 0.6) is 5.75 Å². The lowest BCUT2D eigenvalue weighted by Gasteiger charge is -2.39. The van der Waals surface area contributed by atoms with Crippen molar-refractivity contribution in [3.63, 3.8) is 0 Å². The van der Waals surface area contributed by atoms with Crippen molar-refractivity contribution < 1.29 is 14.3 Å². The summed E-state index contributed by atoms with van der Waals surface area (Å²) < 4.78 is 5.17. The van der Waals surface area contributed by atoms with E-state index in [4.69, 9.17) is 4.74 Å². The third-order valence-electron chi connectivity index (χ3n) is 5.18. The van der Waals surface area contributed by atoms with Gasteiger partial charge in [0.25, 0.3) is 0 Å². The number of hydrogen-bond donors (Lipinski definition) is 1. The van der Waals surface area contributed by atoms with Crippen LogP contribution in [0.2, 0.25) is 0 Å². The number of carbonyl (C=O) groups excluding carboxylic acids is 2. The molecule has 2 amide bonds. The number of aryl methyl sites for hydroxylation is 1. The highest BCUT2D eigenvalue weighted by Gasteiger charge is 2.31. The highest BCUT2D eigenvalue weighted by atomic mass is 16.5. The molecule has 0 radical (unpaired) electrons. The molecule has 1 heterocycles. The summed E-state index contributed by atoms with van der Waals surface area (Å²) >= 11 is 0. The number of amides is 2. The molecular weight excluding hydrogens is 354 g/mol. The van der Waals surface area contributed by atoms with Gasteiger partial charge in [-0.25, -0.2) is 0 Å². The molecule has 2 aromatic carbocycles. The molecule has 1 aliphatic rings. The Labute approximate surface area is 166 Å². The Balaban J connectivity index is 1.55. The lowest BCUT2D eigenvalue weighted by atomic mass is 10.1. The van der Waals surface area contributed by atoms with Gasteiger partial charge in [-0.15, -0.1) is 0 Å². The van der Waals surface area contributed by atoms with E-state index in [1.54, 1.807) is 12.0 Å². The second-order valence-electron chi connectivity index (χ2n) is 7.16. The molecule has 1 aliphatic heterocycles. The number of piperazine rings is 1. The van der Waals surface area contributed by atoms with Crippen molar-refractivity contribution in [1.82, 2.24) is 10.2 Å². The van der Waals surface area contributed by atoms with Crippen molar-refractivity contribution in [2.45, 2.75) is 26.4 Å². The number of rotatable bonds is 6. The summed E-state index contributed by atoms with van der Waals surface area (Å²) in [7, 11) is 1.62. The van der Waals surface area contributed by atoms with Gasteiger partial charge in [-0.2, -0.15) is 0 Å². The summed E-state index contributed by atoms with van der Waals surface area (Å²) in [5.41, 5.74) is 3.10. The molecule has 0 bridgehead atoms. The zero-order valence-corrected chi connectivity index (χ0v) is 16.6. The molecule has 6 heteroatoms. The standard InChI is InChI=1S/C22H27N3O3/c1-16-6-4-5-7-18(16)12-23-21(26)14-24-15-22(27)25(13-17(24)2)19-8-10-20(28-3)11-9-19/h4-11,17H,12-15H2,1-3H3,(H,23,26)/t17-/m1/s1. The van der Waals surface area contributed by atoms with E-state index in [0.717, 1.165) is 22.6 Å². The van der Waals surface area contributed by atoms with E-state index in [0.29, 0.717) is 13.1 Å². The van der Waals surface area contributed by atoms with E-state index < -0.39 is 0 Å². The van der Waals surface area contributed by atoms with Crippen LogP contribution in [0.3, 0.4) is 0 Å². The predicted molar refractivity (Wildman–Crippen MR) is 109 cm³/mol. The molecule has 3 rings (SSSR count). The third kappa shape index (κ3) is 4.70. The maximum Gasteiger partial charge on any atom is 0.241 e. The van der Waals surface area contributed by atoms with Crippen molar-refractivity contribution in [2.75, 3.05) is 31.6 Å². The Morgan fingerprint density at radius 3 is 2.57 bits per heavy atom. The van der Waals surface area contributed by atoms with E-state index in [-0.39, 0.29) is 30.9 Å². The van der Waals surface area contributed by atoms with Gasteiger partial charge in [0.05, 0.1) is 20.2 Å². The van der Waals surface area contributed by atoms with Crippen LogP contribution in [-0.4, -0.2) is 49.5 Å². The summed E-state index contributed by atoms with van der Waals surface area (Å²) in [6.45, 7) is 5.56. The lowest BCUT2D eigenvalue weighted by molar-refractivity contribution is -0.126. The van der Waals surface area contributed by atoms with Crippen molar-refractivity contribution in [1.29, 1.82) is 0 Å². The SMILES string of the molecule is COc1ccc(N2C[C@@H](C)N(CC(=O)NCc3ccccc3C)CC2=O)cc1. The summed E-state index contributed by atoms with van der Waals surface area (Å²) in [5, 5.41) is 2.96. The van der Waals surface area contributed by atoms with Crippen LogP contribution in [-0.2, 0) is 16.1 Å². The van der Waals surface area contributed by atoms with Crippen LogP contribution in [0.1, 0.15) is 18.1 Å². The number of methoxy groups -OCH3 is 1. The largest absolute Gasteiger partial charge is 0.497 e. The Morgan fingerprint density at radius 2 is 1.89 bits per heavy atom. The molecule has 0 spiro atoms. The first-order valence-electron chi connectivity index (χ1n) is 9.47. The average Bonchev–Trinajstić information content (AvgIpc) is 2.70. The van der Waals surface area contributed by atoms with E-state index >= 15 is 0 Å². The topological polar surface area (TPSA) is 61.9 Å². The minimum atomic E-state index is -0.0687. The minimum absolute atomic E-state index is 0.00466. The van der Waals surface area contributed by atoms with Gasteiger partial charge in [0.2, 0.25) is 11.8 Å². The van der Waals surface area contributed by atoms with Crippen LogP contribution in [0.25, 0.3) is 0 Å². The van der Waals surface area contributed by atoms with E-state index in [1.807, 2.05) is 67.3 Å². The number of ether oxygens (including phenoxy) is 1. The second-order valence-corrected chi connectivity index (χ2v) is 7.16. The van der Waals surface area contributed by atoms with Gasteiger partial charge in [0, 0.05) is 24.8 Å². The van der Waals surface area contributed by atoms with Crippen LogP contribution in [0, 0.1) is 6.92 Å². The quantitative estimate of drug-likeness (QED) is 0.834. The van der Waals surface area contributed by atoms with Crippen LogP contribution in [0.4, 0.5) is 5.69 Å². The summed E-state index contributed by atoms with van der Waals surface area (Å²) in [5.74, 6) is 0.684. The summed E-state index contributed by atoms with van der Waals surface area (Å²) in [6, 6.07) is 15.5. The first kappa shape index (κ1) is 19.9. The maximum absolute atomic E-state index is 12.6. The van der Waals surface area contributed by atoms with Gasteiger partial charge in [-0.1, -0.05) is 24.3 Å². The highest BCUT2D eigenvalue weighted by Crippen LogP contribution is 2.23. The molecule has 1 atom stereocenters. The fourth-order valence-electron chi connectivity index (χ4n) is 3.36. The number of hydrogen-bond acceptors (Lipinski definition) is 4. The smallest absolute Gasteiger partial charge is 0.241 e. The molecule has 0 unspecified atom stereocenters. The fraction of sp³-hybridized carbons (Fsp3) is 0.364. The average molecular weight is 381 g/mol. The number of nitrogens with one attached hydrogen (secondary N) is 1. The summed E-state index contributed by atoms with van der Waals surface area (Å²) in [4.78, 5) is 28.7. The molecule has 6 nitrogen and oxygen atoms in total. The van der Waals surface area contributed by atoms with Crippen molar-refractivity contribution in [2.24, 2.45) is 0 Å². The van der Waals surface area contributed by atoms with Gasteiger partial charge in [0.1, 0.15) is 5.75 Å². The number of nitrogens with zero attached hydrogens (tertiary/aromatic N) is 2. The molecule has 1 saturated heterocycles. The molecule has 1 N–H and O–H groups in total. The normalized spacial score (nSPS) is 17.5. The maximum atomic E-state index is 12.6. The van der Waals surface area contributed by atoms with Crippen LogP contribution >= 0.6 is 0 Å². The molecule has 1 fully saturated rings. The fourth-order valence-corrected chi connectivity index (χ4v) is 3.36. The first-order valence-corrected chi connectivity index (χ1v) is 9.47. The van der Waals surface area contributed by atoms with Crippen LogP contribution in [0.15, 0.2) is 48.5 Å². The third-order valence-corrected chi connectivity index (χ3v) is 5.18. The lowest BCUT2D eigenvalue weighted by Crippen LogP contribution is -2.57. The van der Waals surface area contributed by atoms with Crippen LogP contribution < -0.4 is 15.0 Å². The van der Waals surface area contributed by atoms with E-state index in [1.165, 1.54) is 0 Å². The predicted octanol–water partition coefficient (Wildman–Crippen LogP) is 2.36. The van der Waals surface area contributed by atoms with Crippen molar-refractivity contribution in [3.05, 3.63) is 59.7 Å². The number of anilines is 1.